The van der Waals surface area contributed by atoms with Gasteiger partial charge in [0, 0.05) is 87.0 Å². The Morgan fingerprint density at radius 2 is 1.75 bits per heavy atom. The lowest BCUT2D eigenvalue weighted by Crippen LogP contribution is -2.66. The van der Waals surface area contributed by atoms with Crippen molar-refractivity contribution in [1.82, 2.24) is 35.0 Å². The molecule has 0 bridgehead atoms. The van der Waals surface area contributed by atoms with E-state index in [9.17, 15) is 24.0 Å². The molecule has 67 heavy (non-hydrogen) atoms. The Morgan fingerprint density at radius 3 is 2.46 bits per heavy atom. The Bertz CT molecular complexity index is 2690. The van der Waals surface area contributed by atoms with Crippen LogP contribution in [0, 0.1) is 11.2 Å². The van der Waals surface area contributed by atoms with Gasteiger partial charge in [0.2, 0.25) is 17.8 Å². The molecule has 2 aromatic carbocycles. The zero-order chi connectivity index (χ0) is 46.7. The third-order valence-electron chi connectivity index (χ3n) is 14.7. The molecule has 1 saturated carbocycles. The molecule has 1 atom stereocenters. The molecule has 1 aliphatic carbocycles. The number of benzene rings is 2. The number of anilines is 4. The number of likely N-dealkylation sites (tertiary alicyclic amines) is 1. The highest BCUT2D eigenvalue weighted by atomic mass is 35.5. The van der Waals surface area contributed by atoms with Gasteiger partial charge < -0.3 is 39.4 Å². The number of aromatic nitrogens is 3. The highest BCUT2D eigenvalue weighted by Gasteiger charge is 2.50. The lowest BCUT2D eigenvalue weighted by Gasteiger charge is -2.59. The number of carbonyl (C=O) groups excluding carboxylic acids is 4. The van der Waals surface area contributed by atoms with E-state index in [2.05, 4.69) is 35.6 Å². The molecule has 17 nitrogen and oxygen atoms in total. The first-order valence-corrected chi connectivity index (χ1v) is 23.8. The number of hydrogen-bond donors (Lipinski definition) is 3. The number of rotatable bonds is 12. The minimum absolute atomic E-state index is 0.0280. The third kappa shape index (κ3) is 8.67. The first-order valence-electron chi connectivity index (χ1n) is 23.4. The molecule has 7 heterocycles. The van der Waals surface area contributed by atoms with Gasteiger partial charge in [-0.05, 0) is 101 Å². The van der Waals surface area contributed by atoms with Crippen LogP contribution in [0.1, 0.15) is 87.2 Å². The van der Waals surface area contributed by atoms with Crippen molar-refractivity contribution in [2.75, 3.05) is 68.0 Å². The first kappa shape index (κ1) is 45.0. The van der Waals surface area contributed by atoms with Crippen molar-refractivity contribution in [2.24, 2.45) is 5.41 Å². The smallest absolute Gasteiger partial charge is 0.293 e. The van der Waals surface area contributed by atoms with E-state index in [0.29, 0.717) is 45.3 Å². The normalized spacial score (nSPS) is 23.0. The van der Waals surface area contributed by atoms with Gasteiger partial charge in [-0.1, -0.05) is 11.6 Å². The number of hydrogen-bond acceptors (Lipinski definition) is 13. The Morgan fingerprint density at radius 1 is 0.985 bits per heavy atom. The Hall–Kier alpha value is -5.85. The fourth-order valence-corrected chi connectivity index (χ4v) is 11.0. The molecule has 4 aromatic rings. The predicted octanol–water partition coefficient (Wildman–Crippen LogP) is 4.91. The number of ether oxygens (including phenoxy) is 2. The van der Waals surface area contributed by atoms with E-state index < -0.39 is 11.9 Å². The van der Waals surface area contributed by atoms with E-state index in [-0.39, 0.29) is 84.5 Å². The van der Waals surface area contributed by atoms with E-state index in [1.807, 2.05) is 32.0 Å². The zero-order valence-electron chi connectivity index (χ0n) is 38.0. The largest absolute Gasteiger partial charge is 0.478 e. The van der Waals surface area contributed by atoms with Crippen LogP contribution >= 0.6 is 11.6 Å². The van der Waals surface area contributed by atoms with E-state index in [0.717, 1.165) is 88.7 Å². The van der Waals surface area contributed by atoms with Gasteiger partial charge >= 0.3 is 0 Å². The summed E-state index contributed by atoms with van der Waals surface area (Å²) in [4.78, 5) is 80.0. The van der Waals surface area contributed by atoms with Crippen LogP contribution in [-0.4, -0.2) is 125 Å². The van der Waals surface area contributed by atoms with Crippen LogP contribution in [0.5, 0.6) is 5.75 Å². The number of nitrogens with one attached hydrogen (secondary N) is 3. The van der Waals surface area contributed by atoms with Gasteiger partial charge in [0.25, 0.3) is 17.4 Å². The molecule has 5 fully saturated rings. The molecule has 4 saturated heterocycles. The minimum Gasteiger partial charge on any atom is -0.478 e. The highest BCUT2D eigenvalue weighted by molar-refractivity contribution is 6.33. The van der Waals surface area contributed by atoms with Crippen molar-refractivity contribution in [3.8, 4) is 5.75 Å². The second kappa shape index (κ2) is 18.0. The van der Waals surface area contributed by atoms with Crippen molar-refractivity contribution in [2.45, 2.75) is 102 Å². The van der Waals surface area contributed by atoms with Crippen LogP contribution < -0.4 is 36.0 Å². The summed E-state index contributed by atoms with van der Waals surface area (Å²) in [6.07, 6.45) is 8.17. The second-order valence-corrected chi connectivity index (χ2v) is 19.7. The quantitative estimate of drug-likeness (QED) is 0.163. The van der Waals surface area contributed by atoms with Crippen molar-refractivity contribution in [3.63, 3.8) is 0 Å². The Balaban J connectivity index is 0.676. The molecule has 4 amide bonds. The van der Waals surface area contributed by atoms with Crippen LogP contribution in [0.15, 0.2) is 47.4 Å². The van der Waals surface area contributed by atoms with Crippen molar-refractivity contribution >= 4 is 69.3 Å². The fourth-order valence-electron chi connectivity index (χ4n) is 10.8. The summed E-state index contributed by atoms with van der Waals surface area (Å²) >= 11 is 6.60. The van der Waals surface area contributed by atoms with Gasteiger partial charge in [-0.3, -0.25) is 34.2 Å². The van der Waals surface area contributed by atoms with E-state index in [4.69, 9.17) is 26.1 Å². The monoisotopic (exact) mass is 938 g/mol. The van der Waals surface area contributed by atoms with Gasteiger partial charge in [-0.15, -0.1) is 0 Å². The first-order chi connectivity index (χ1) is 32.3. The standard InChI is InChI=1S/C48H56ClFN10O7/c1-27(2)60-36-6-4-29(18-28(36)19-39(46(60)65)66-24-41(62)51-3)53-43-35(49)22-52-47(55-43)57-14-10-31(11-15-57)67-32-20-30(21-32)58-25-48(26-58)12-16-56(17-13-48)37-7-5-33-34(42(37)50)23-59(45(33)64)38-8-9-40(61)54-44(38)63/h4-7,18-19,22,27,30-32,38H,8-17,20-21,23-26H2,1-3H3,(H,51,62)(H,52,53,55)(H,54,61,63)/t30-,32-,38?. The summed E-state index contributed by atoms with van der Waals surface area (Å²) in [5, 5.41) is 9.26. The number of halogens is 2. The van der Waals surface area contributed by atoms with E-state index in [1.54, 1.807) is 29.0 Å². The predicted molar refractivity (Wildman–Crippen MR) is 250 cm³/mol. The molecule has 3 N–H and O–H groups in total. The molecule has 0 radical (unpaired) electrons. The topological polar surface area (TPSA) is 184 Å². The molecular formula is C48H56ClFN10O7. The van der Waals surface area contributed by atoms with Gasteiger partial charge in [0.15, 0.2) is 24.0 Å². The third-order valence-corrected chi connectivity index (χ3v) is 15.0. The molecule has 5 aliphatic heterocycles. The van der Waals surface area contributed by atoms with Crippen LogP contribution in [0.25, 0.3) is 10.9 Å². The average Bonchev–Trinajstić information content (AvgIpc) is 3.63. The summed E-state index contributed by atoms with van der Waals surface area (Å²) in [6, 6.07) is 10.3. The molecule has 6 aliphatic rings. The Kier molecular flexibility index (Phi) is 12.1. The van der Waals surface area contributed by atoms with Crippen LogP contribution in [0.2, 0.25) is 5.02 Å². The minimum atomic E-state index is -0.772. The Labute approximate surface area is 392 Å². The number of imide groups is 1. The SMILES string of the molecule is CNC(=O)COc1cc2cc(Nc3nc(N4CCC(O[C@H]5C[C@H](N6CC7(CCN(c8ccc9c(c8F)CN(C8CCC(=O)NC8=O)C9=O)CC7)C6)C5)CC4)ncc3Cl)ccc2n(C(C)C)c1=O. The van der Waals surface area contributed by atoms with Crippen molar-refractivity contribution in [1.29, 1.82) is 0 Å². The average molecular weight is 939 g/mol. The maximum atomic E-state index is 16.0. The number of amides is 4. The molecule has 10 rings (SSSR count). The number of nitrogens with zero attached hydrogens (tertiary/aromatic N) is 7. The maximum absolute atomic E-state index is 16.0. The number of pyridine rings is 1. The molecule has 1 spiro atoms. The van der Waals surface area contributed by atoms with E-state index >= 15 is 4.39 Å². The zero-order valence-corrected chi connectivity index (χ0v) is 38.7. The number of piperidine rings is 3. The molecule has 2 aromatic heterocycles. The maximum Gasteiger partial charge on any atom is 0.293 e. The van der Waals surface area contributed by atoms with Gasteiger partial charge in [-0.2, -0.15) is 4.98 Å². The summed E-state index contributed by atoms with van der Waals surface area (Å²) in [5.74, 6) is -0.804. The molecule has 19 heteroatoms. The lowest BCUT2D eigenvalue weighted by molar-refractivity contribution is -0.137. The van der Waals surface area contributed by atoms with Gasteiger partial charge in [-0.25, -0.2) is 9.37 Å². The number of carbonyl (C=O) groups is 4. The van der Waals surface area contributed by atoms with Gasteiger partial charge in [0.1, 0.15) is 11.1 Å². The number of fused-ring (bicyclic) bond motifs is 2. The summed E-state index contributed by atoms with van der Waals surface area (Å²) in [6.45, 7) is 8.70. The van der Waals surface area contributed by atoms with Gasteiger partial charge in [0.05, 0.1) is 36.2 Å². The molecule has 1 unspecified atom stereocenters. The van der Waals surface area contributed by atoms with Crippen LogP contribution in [0.3, 0.4) is 0 Å². The van der Waals surface area contributed by atoms with Crippen LogP contribution in [0.4, 0.5) is 27.5 Å². The molecular weight excluding hydrogens is 883 g/mol. The van der Waals surface area contributed by atoms with E-state index in [1.165, 1.54) is 11.9 Å². The second-order valence-electron chi connectivity index (χ2n) is 19.3. The van der Waals surface area contributed by atoms with Crippen molar-refractivity contribution < 1.29 is 33.0 Å². The summed E-state index contributed by atoms with van der Waals surface area (Å²) < 4.78 is 29.9. The van der Waals surface area contributed by atoms with Crippen LogP contribution in [-0.2, 0) is 25.7 Å². The fraction of sp³-hybridized carbons (Fsp3) is 0.521. The number of likely N-dealkylation sites (N-methyl/N-ethyl adjacent to an activating group) is 1. The summed E-state index contributed by atoms with van der Waals surface area (Å²) in [5.41, 5.74) is 2.51. The van der Waals surface area contributed by atoms with Crippen molar-refractivity contribution in [3.05, 3.63) is 74.9 Å². The highest BCUT2D eigenvalue weighted by Crippen LogP contribution is 2.46. The summed E-state index contributed by atoms with van der Waals surface area (Å²) in [7, 11) is 1.51. The molecule has 354 valence electrons. The lowest BCUT2D eigenvalue weighted by atomic mass is 9.69.